The fourth-order valence-corrected chi connectivity index (χ4v) is 5.35. The maximum absolute atomic E-state index is 6.42. The van der Waals surface area contributed by atoms with Crippen molar-refractivity contribution in [2.24, 2.45) is 0 Å². The molecule has 6 nitrogen and oxygen atoms in total. The number of nitrogens with zero attached hydrogens (tertiary/aromatic N) is 5. The number of aromatic nitrogens is 4. The number of hydrogen-bond acceptors (Lipinski definition) is 5. The Bertz CT molecular complexity index is 1570. The summed E-state index contributed by atoms with van der Waals surface area (Å²) in [6.45, 7) is 0. The summed E-state index contributed by atoms with van der Waals surface area (Å²) < 4.78 is 2.15. The van der Waals surface area contributed by atoms with E-state index in [2.05, 4.69) is 77.0 Å². The van der Waals surface area contributed by atoms with Crippen molar-refractivity contribution in [1.82, 2.24) is 24.3 Å². The number of benzene rings is 2. The second-order valence-corrected chi connectivity index (χ2v) is 9.84. The Kier molecular flexibility index (Phi) is 5.64. The van der Waals surface area contributed by atoms with E-state index in [-0.39, 0.29) is 0 Å². The Morgan fingerprint density at radius 2 is 1.72 bits per heavy atom. The van der Waals surface area contributed by atoms with Crippen molar-refractivity contribution < 1.29 is 0 Å². The van der Waals surface area contributed by atoms with Gasteiger partial charge in [0, 0.05) is 48.9 Å². The van der Waals surface area contributed by atoms with Crippen molar-refractivity contribution in [1.29, 1.82) is 0 Å². The van der Waals surface area contributed by atoms with Crippen LogP contribution in [0.2, 0.25) is 0 Å². The van der Waals surface area contributed by atoms with Gasteiger partial charge in [0.2, 0.25) is 0 Å². The van der Waals surface area contributed by atoms with Gasteiger partial charge in [0.1, 0.15) is 22.9 Å². The number of pyridine rings is 1. The molecule has 180 valence electrons. The Balaban J connectivity index is 1.42. The summed E-state index contributed by atoms with van der Waals surface area (Å²) in [5.74, 6) is 1.96. The number of imidazole rings is 1. The first-order chi connectivity index (χ1) is 17.6. The van der Waals surface area contributed by atoms with Gasteiger partial charge in [-0.3, -0.25) is 4.40 Å². The van der Waals surface area contributed by atoms with Gasteiger partial charge in [-0.15, -0.1) is 0 Å². The molecule has 2 aromatic carbocycles. The third kappa shape index (κ3) is 4.09. The second-order valence-electron chi connectivity index (χ2n) is 9.84. The molecule has 1 aliphatic carbocycles. The van der Waals surface area contributed by atoms with Gasteiger partial charge in [-0.1, -0.05) is 54.1 Å². The summed E-state index contributed by atoms with van der Waals surface area (Å²) in [4.78, 5) is 16.7. The molecule has 6 rings (SSSR count). The van der Waals surface area contributed by atoms with Gasteiger partial charge in [-0.05, 0) is 44.0 Å². The average molecular weight is 475 g/mol. The molecule has 0 spiro atoms. The molecule has 5 aromatic rings. The number of nitrogen functional groups attached to an aromatic ring is 1. The first-order valence-electron chi connectivity index (χ1n) is 12.5. The minimum Gasteiger partial charge on any atom is -0.384 e. The van der Waals surface area contributed by atoms with Crippen LogP contribution in [0.25, 0.3) is 38.9 Å². The highest BCUT2D eigenvalue weighted by Gasteiger charge is 2.25. The first-order valence-corrected chi connectivity index (χ1v) is 12.5. The fourth-order valence-electron chi connectivity index (χ4n) is 5.35. The van der Waals surface area contributed by atoms with Gasteiger partial charge < -0.3 is 10.6 Å². The van der Waals surface area contributed by atoms with E-state index in [1.165, 1.54) is 5.57 Å². The van der Waals surface area contributed by atoms with Crippen molar-refractivity contribution in [2.75, 3.05) is 19.8 Å². The smallest absolute Gasteiger partial charge is 0.150 e. The predicted octanol–water partition coefficient (Wildman–Crippen LogP) is 6.30. The number of nitrogens with two attached hydrogens (primary N) is 1. The van der Waals surface area contributed by atoms with Crippen LogP contribution in [0.3, 0.4) is 0 Å². The third-order valence-electron chi connectivity index (χ3n) is 7.08. The van der Waals surface area contributed by atoms with E-state index < -0.39 is 0 Å². The molecule has 6 heteroatoms. The summed E-state index contributed by atoms with van der Waals surface area (Å²) in [6, 6.07) is 20.8. The van der Waals surface area contributed by atoms with Crippen LogP contribution in [-0.2, 0) is 0 Å². The van der Waals surface area contributed by atoms with Crippen molar-refractivity contribution in [2.45, 2.75) is 31.6 Å². The highest BCUT2D eigenvalue weighted by molar-refractivity contribution is 5.91. The highest BCUT2D eigenvalue weighted by Crippen LogP contribution is 2.38. The first kappa shape index (κ1) is 22.3. The minimum atomic E-state index is 0.385. The van der Waals surface area contributed by atoms with Crippen molar-refractivity contribution in [3.05, 3.63) is 90.7 Å². The lowest BCUT2D eigenvalue weighted by atomic mass is 9.85. The number of hydrogen-bond donors (Lipinski definition) is 1. The van der Waals surface area contributed by atoms with Gasteiger partial charge in [-0.2, -0.15) is 0 Å². The van der Waals surface area contributed by atoms with E-state index in [0.29, 0.717) is 11.7 Å². The van der Waals surface area contributed by atoms with Crippen molar-refractivity contribution in [3.63, 3.8) is 0 Å². The van der Waals surface area contributed by atoms with Gasteiger partial charge in [0.05, 0.1) is 11.2 Å². The molecule has 0 atom stereocenters. The number of fused-ring (bicyclic) bond motifs is 2. The predicted molar refractivity (Wildman–Crippen MR) is 147 cm³/mol. The van der Waals surface area contributed by atoms with E-state index >= 15 is 0 Å². The molecular weight excluding hydrogens is 444 g/mol. The Morgan fingerprint density at radius 1 is 0.944 bits per heavy atom. The normalized spacial score (nSPS) is 15.9. The molecule has 1 fully saturated rings. The van der Waals surface area contributed by atoms with Gasteiger partial charge in [-0.25, -0.2) is 15.0 Å². The van der Waals surface area contributed by atoms with Crippen LogP contribution in [0.5, 0.6) is 0 Å². The van der Waals surface area contributed by atoms with E-state index in [0.717, 1.165) is 70.4 Å². The van der Waals surface area contributed by atoms with Crippen LogP contribution < -0.4 is 5.73 Å². The molecule has 1 aliphatic rings. The molecule has 0 bridgehead atoms. The lowest BCUT2D eigenvalue weighted by Gasteiger charge is -2.24. The Hall–Kier alpha value is -4.19. The monoisotopic (exact) mass is 474 g/mol. The molecule has 1 saturated carbocycles. The summed E-state index contributed by atoms with van der Waals surface area (Å²) in [5, 5.41) is 1.10. The maximum Gasteiger partial charge on any atom is 0.150 e. The average Bonchev–Trinajstić information content (AvgIpc) is 3.30. The molecule has 0 saturated heterocycles. The Labute approximate surface area is 211 Å². The maximum atomic E-state index is 6.42. The number of allylic oxidation sites excluding steroid dienone is 1. The molecule has 3 aromatic heterocycles. The zero-order valence-electron chi connectivity index (χ0n) is 20.7. The SMILES string of the molecule is CN(C)C=C1CCC(c2nc(-c3ccc4ccc(-c5ccccc5)nc4c3)c3c(N)nccn23)CC1. The highest BCUT2D eigenvalue weighted by atomic mass is 15.1. The Morgan fingerprint density at radius 3 is 2.50 bits per heavy atom. The molecule has 3 heterocycles. The lowest BCUT2D eigenvalue weighted by molar-refractivity contribution is 0.474. The van der Waals surface area contributed by atoms with Gasteiger partial charge in [0.15, 0.2) is 0 Å². The molecule has 36 heavy (non-hydrogen) atoms. The van der Waals surface area contributed by atoms with E-state index in [1.807, 2.05) is 24.4 Å². The fraction of sp³-hybridized carbons (Fsp3) is 0.233. The molecule has 0 unspecified atom stereocenters. The van der Waals surface area contributed by atoms with Crippen LogP contribution in [0, 0.1) is 0 Å². The standard InChI is InChI=1S/C30H30N6/c1-35(2)19-20-8-10-23(11-9-20)30-34-27(28-29(31)32-16-17-36(28)30)24-13-12-22-14-15-25(33-26(22)18-24)21-6-4-3-5-7-21/h3-7,12-19,23H,8-11H2,1-2H3,(H2,31,32). The molecule has 0 aliphatic heterocycles. The van der Waals surface area contributed by atoms with E-state index in [9.17, 15) is 0 Å². The molecule has 0 amide bonds. The van der Waals surface area contributed by atoms with E-state index in [1.54, 1.807) is 6.20 Å². The van der Waals surface area contributed by atoms with Gasteiger partial charge in [0.25, 0.3) is 0 Å². The molecular formula is C30H30N6. The summed E-state index contributed by atoms with van der Waals surface area (Å²) in [7, 11) is 4.18. The number of anilines is 1. The summed E-state index contributed by atoms with van der Waals surface area (Å²) >= 11 is 0. The van der Waals surface area contributed by atoms with Crippen molar-refractivity contribution in [3.8, 4) is 22.5 Å². The van der Waals surface area contributed by atoms with Crippen molar-refractivity contribution >= 4 is 22.2 Å². The topological polar surface area (TPSA) is 72.3 Å². The quantitative estimate of drug-likeness (QED) is 0.331. The van der Waals surface area contributed by atoms with E-state index in [4.69, 9.17) is 15.7 Å². The minimum absolute atomic E-state index is 0.385. The number of rotatable bonds is 4. The summed E-state index contributed by atoms with van der Waals surface area (Å²) in [5.41, 5.74) is 13.7. The van der Waals surface area contributed by atoms with Crippen LogP contribution in [-0.4, -0.2) is 38.3 Å². The summed E-state index contributed by atoms with van der Waals surface area (Å²) in [6.07, 6.45) is 10.4. The van der Waals surface area contributed by atoms with Crippen LogP contribution in [0.1, 0.15) is 37.4 Å². The van der Waals surface area contributed by atoms with Crippen LogP contribution in [0.15, 0.2) is 84.8 Å². The molecule has 0 radical (unpaired) electrons. The third-order valence-corrected chi connectivity index (χ3v) is 7.08. The zero-order chi connectivity index (χ0) is 24.6. The lowest BCUT2D eigenvalue weighted by Crippen LogP contribution is -2.12. The van der Waals surface area contributed by atoms with Gasteiger partial charge >= 0.3 is 0 Å². The van der Waals surface area contributed by atoms with Crippen LogP contribution in [0.4, 0.5) is 5.82 Å². The zero-order valence-corrected chi connectivity index (χ0v) is 20.7. The second kappa shape index (κ2) is 9.11. The van der Waals surface area contributed by atoms with Crippen LogP contribution >= 0.6 is 0 Å². The molecule has 2 N–H and O–H groups in total. The largest absolute Gasteiger partial charge is 0.384 e.